The second-order valence-corrected chi connectivity index (χ2v) is 6.40. The predicted molar refractivity (Wildman–Crippen MR) is 84.5 cm³/mol. The Morgan fingerprint density at radius 3 is 2.56 bits per heavy atom. The van der Waals surface area contributed by atoms with Crippen LogP contribution in [0.15, 0.2) is 0 Å². The van der Waals surface area contributed by atoms with E-state index in [0.717, 1.165) is 37.5 Å². The van der Waals surface area contributed by atoms with E-state index in [4.69, 9.17) is 5.73 Å². The third kappa shape index (κ3) is 10.0. The standard InChI is InChI=1S/C13H28N2OS.ClH/c1-5-7-13(4,14)12(16)15-8-6-9-17-10-11(2)3;/h11H,5-10,14H2,1-4H3,(H,15,16);1H. The zero-order chi connectivity index (χ0) is 13.3. The molecule has 0 bridgehead atoms. The largest absolute Gasteiger partial charge is 0.354 e. The lowest BCUT2D eigenvalue weighted by atomic mass is 9.96. The average Bonchev–Trinajstić information content (AvgIpc) is 2.22. The number of halogens is 1. The Bertz CT molecular complexity index is 223. The lowest BCUT2D eigenvalue weighted by Gasteiger charge is -2.22. The fourth-order valence-electron chi connectivity index (χ4n) is 1.53. The topological polar surface area (TPSA) is 55.1 Å². The van der Waals surface area contributed by atoms with Crippen molar-refractivity contribution in [3.63, 3.8) is 0 Å². The van der Waals surface area contributed by atoms with Crippen LogP contribution in [0.25, 0.3) is 0 Å². The Morgan fingerprint density at radius 2 is 2.06 bits per heavy atom. The summed E-state index contributed by atoms with van der Waals surface area (Å²) in [5.41, 5.74) is 5.23. The maximum Gasteiger partial charge on any atom is 0.239 e. The summed E-state index contributed by atoms with van der Waals surface area (Å²) in [6.07, 6.45) is 2.69. The molecule has 0 aromatic heterocycles. The van der Waals surface area contributed by atoms with Gasteiger partial charge >= 0.3 is 0 Å². The van der Waals surface area contributed by atoms with Crippen LogP contribution in [0.1, 0.15) is 47.0 Å². The molecule has 0 rings (SSSR count). The summed E-state index contributed by atoms with van der Waals surface area (Å²) < 4.78 is 0. The molecule has 0 saturated heterocycles. The molecule has 0 saturated carbocycles. The van der Waals surface area contributed by atoms with E-state index in [1.165, 1.54) is 5.75 Å². The molecule has 3 nitrogen and oxygen atoms in total. The van der Waals surface area contributed by atoms with Crippen LogP contribution in [0, 0.1) is 5.92 Å². The first kappa shape index (κ1) is 20.4. The van der Waals surface area contributed by atoms with Crippen molar-refractivity contribution in [1.82, 2.24) is 5.32 Å². The van der Waals surface area contributed by atoms with Crippen molar-refractivity contribution in [3.8, 4) is 0 Å². The van der Waals surface area contributed by atoms with Crippen LogP contribution < -0.4 is 11.1 Å². The lowest BCUT2D eigenvalue weighted by Crippen LogP contribution is -2.51. The minimum atomic E-state index is -0.709. The van der Waals surface area contributed by atoms with Crippen LogP contribution in [0.5, 0.6) is 0 Å². The van der Waals surface area contributed by atoms with Crippen LogP contribution in [0.4, 0.5) is 0 Å². The number of thioether (sulfide) groups is 1. The Labute approximate surface area is 122 Å². The average molecular weight is 297 g/mol. The van der Waals surface area contributed by atoms with Gasteiger partial charge in [-0.1, -0.05) is 27.2 Å². The van der Waals surface area contributed by atoms with Crippen LogP contribution in [0.3, 0.4) is 0 Å². The summed E-state index contributed by atoms with van der Waals surface area (Å²) in [6, 6.07) is 0. The Hall–Kier alpha value is 0.0700. The van der Waals surface area contributed by atoms with E-state index in [1.807, 2.05) is 18.7 Å². The molecule has 1 atom stereocenters. The van der Waals surface area contributed by atoms with Crippen molar-refractivity contribution in [2.24, 2.45) is 11.7 Å². The third-order valence-electron chi connectivity index (χ3n) is 2.49. The summed E-state index contributed by atoms with van der Waals surface area (Å²) in [5.74, 6) is 3.02. The van der Waals surface area contributed by atoms with Crippen LogP contribution in [-0.4, -0.2) is 29.5 Å². The summed E-state index contributed by atoms with van der Waals surface area (Å²) >= 11 is 1.95. The molecule has 5 heteroatoms. The minimum Gasteiger partial charge on any atom is -0.354 e. The molecule has 18 heavy (non-hydrogen) atoms. The maximum atomic E-state index is 11.8. The molecular formula is C13H29ClN2OS. The van der Waals surface area contributed by atoms with Gasteiger partial charge in [0.1, 0.15) is 0 Å². The SMILES string of the molecule is CCCC(C)(N)C(=O)NCCCSCC(C)C.Cl. The summed E-state index contributed by atoms with van der Waals surface area (Å²) in [5, 5.41) is 2.92. The van der Waals surface area contributed by atoms with E-state index in [-0.39, 0.29) is 18.3 Å². The van der Waals surface area contributed by atoms with Crippen molar-refractivity contribution in [1.29, 1.82) is 0 Å². The molecule has 0 radical (unpaired) electrons. The molecule has 110 valence electrons. The smallest absolute Gasteiger partial charge is 0.239 e. The van der Waals surface area contributed by atoms with Crippen molar-refractivity contribution >= 4 is 30.1 Å². The van der Waals surface area contributed by atoms with Crippen LogP contribution in [0.2, 0.25) is 0 Å². The zero-order valence-electron chi connectivity index (χ0n) is 12.1. The second kappa shape index (κ2) is 10.9. The zero-order valence-corrected chi connectivity index (χ0v) is 13.8. The number of hydrogen-bond acceptors (Lipinski definition) is 3. The Morgan fingerprint density at radius 1 is 1.44 bits per heavy atom. The van der Waals surface area contributed by atoms with Gasteiger partial charge in [0.15, 0.2) is 0 Å². The van der Waals surface area contributed by atoms with Gasteiger partial charge in [-0.15, -0.1) is 12.4 Å². The van der Waals surface area contributed by atoms with Crippen LogP contribution in [-0.2, 0) is 4.79 Å². The van der Waals surface area contributed by atoms with E-state index in [2.05, 4.69) is 19.2 Å². The number of carbonyl (C=O) groups is 1. The Kier molecular flexibility index (Phi) is 12.4. The van der Waals surface area contributed by atoms with Gasteiger partial charge in [-0.3, -0.25) is 4.79 Å². The van der Waals surface area contributed by atoms with Crippen molar-refractivity contribution in [2.75, 3.05) is 18.1 Å². The van der Waals surface area contributed by atoms with Gasteiger partial charge in [-0.2, -0.15) is 11.8 Å². The fraction of sp³-hybridized carbons (Fsp3) is 0.923. The molecule has 0 heterocycles. The maximum absolute atomic E-state index is 11.8. The van der Waals surface area contributed by atoms with Gasteiger partial charge in [0.2, 0.25) is 5.91 Å². The van der Waals surface area contributed by atoms with Gasteiger partial charge in [0, 0.05) is 6.54 Å². The quantitative estimate of drug-likeness (QED) is 0.643. The number of rotatable bonds is 9. The lowest BCUT2D eigenvalue weighted by molar-refractivity contribution is -0.126. The van der Waals surface area contributed by atoms with Gasteiger partial charge < -0.3 is 11.1 Å². The van der Waals surface area contributed by atoms with Crippen molar-refractivity contribution in [3.05, 3.63) is 0 Å². The number of hydrogen-bond donors (Lipinski definition) is 2. The molecule has 0 aromatic rings. The molecule has 0 fully saturated rings. The Balaban J connectivity index is 0. The van der Waals surface area contributed by atoms with Crippen molar-refractivity contribution in [2.45, 2.75) is 52.5 Å². The molecule has 1 amide bonds. The van der Waals surface area contributed by atoms with E-state index < -0.39 is 5.54 Å². The van der Waals surface area contributed by atoms with Crippen LogP contribution >= 0.6 is 24.2 Å². The first-order valence-corrected chi connectivity index (χ1v) is 7.70. The molecule has 0 spiro atoms. The molecular weight excluding hydrogens is 268 g/mol. The van der Waals surface area contributed by atoms with Gasteiger partial charge in [-0.05, 0) is 37.2 Å². The molecule has 0 aromatic carbocycles. The predicted octanol–water partition coefficient (Wildman–Crippen LogP) is 2.82. The van der Waals surface area contributed by atoms with E-state index in [1.54, 1.807) is 6.92 Å². The molecule has 1 unspecified atom stereocenters. The first-order valence-electron chi connectivity index (χ1n) is 6.55. The molecule has 3 N–H and O–H groups in total. The third-order valence-corrected chi connectivity index (χ3v) is 3.97. The monoisotopic (exact) mass is 296 g/mol. The minimum absolute atomic E-state index is 0. The van der Waals surface area contributed by atoms with Gasteiger partial charge in [0.05, 0.1) is 5.54 Å². The summed E-state index contributed by atoms with van der Waals surface area (Å²) in [7, 11) is 0. The highest BCUT2D eigenvalue weighted by molar-refractivity contribution is 7.99. The normalized spacial score (nSPS) is 13.9. The van der Waals surface area contributed by atoms with Gasteiger partial charge in [-0.25, -0.2) is 0 Å². The highest BCUT2D eigenvalue weighted by Gasteiger charge is 2.26. The van der Waals surface area contributed by atoms with E-state index in [0.29, 0.717) is 0 Å². The van der Waals surface area contributed by atoms with E-state index in [9.17, 15) is 4.79 Å². The number of amides is 1. The number of carbonyl (C=O) groups excluding carboxylic acids is 1. The van der Waals surface area contributed by atoms with Gasteiger partial charge in [0.25, 0.3) is 0 Å². The first-order chi connectivity index (χ1) is 7.90. The molecule has 0 aliphatic carbocycles. The highest BCUT2D eigenvalue weighted by atomic mass is 35.5. The fourth-order valence-corrected chi connectivity index (χ4v) is 2.52. The summed E-state index contributed by atoms with van der Waals surface area (Å²) in [4.78, 5) is 11.8. The molecule has 0 aliphatic rings. The van der Waals surface area contributed by atoms with Crippen molar-refractivity contribution < 1.29 is 4.79 Å². The van der Waals surface area contributed by atoms with E-state index >= 15 is 0 Å². The summed E-state index contributed by atoms with van der Waals surface area (Å²) in [6.45, 7) is 9.03. The number of nitrogens with two attached hydrogens (primary N) is 1. The number of nitrogens with one attached hydrogen (secondary N) is 1. The highest BCUT2D eigenvalue weighted by Crippen LogP contribution is 2.10. The second-order valence-electron chi connectivity index (χ2n) is 5.25. The molecule has 0 aliphatic heterocycles.